The van der Waals surface area contributed by atoms with Crippen LogP contribution in [0.3, 0.4) is 0 Å². The first kappa shape index (κ1) is 10.3. The monoisotopic (exact) mass is 152 g/mol. The Morgan fingerprint density at radius 3 is 2.45 bits per heavy atom. The largest absolute Gasteiger partial charge is 0.372 e. The van der Waals surface area contributed by atoms with Crippen molar-refractivity contribution in [3.8, 4) is 12.3 Å². The van der Waals surface area contributed by atoms with Crippen LogP contribution in [0.25, 0.3) is 0 Å². The molecule has 0 atom stereocenters. The third kappa shape index (κ3) is 7.15. The Kier molecular flexibility index (Phi) is 3.92. The van der Waals surface area contributed by atoms with Gasteiger partial charge in [0.05, 0.1) is 12.2 Å². The second-order valence-electron chi connectivity index (χ2n) is 3.45. The van der Waals surface area contributed by atoms with E-state index in [0.29, 0.717) is 6.61 Å². The third-order valence-electron chi connectivity index (χ3n) is 1.13. The fourth-order valence-electron chi connectivity index (χ4n) is 0.476. The SMILES string of the molecule is C#CC(C)=CCOC(C)(C)C. The smallest absolute Gasteiger partial charge is 0.0666 e. The maximum Gasteiger partial charge on any atom is 0.0666 e. The summed E-state index contributed by atoms with van der Waals surface area (Å²) in [5.41, 5.74) is 0.847. The van der Waals surface area contributed by atoms with Gasteiger partial charge in [-0.15, -0.1) is 6.42 Å². The maximum atomic E-state index is 5.43. The predicted octanol–water partition coefficient (Wildman–Crippen LogP) is 2.38. The highest BCUT2D eigenvalue weighted by molar-refractivity contribution is 5.22. The molecule has 0 heterocycles. The first-order valence-electron chi connectivity index (χ1n) is 3.73. The summed E-state index contributed by atoms with van der Waals surface area (Å²) in [6.07, 6.45) is 7.06. The number of hydrogen-bond donors (Lipinski definition) is 0. The average Bonchev–Trinajstić information content (AvgIpc) is 1.85. The van der Waals surface area contributed by atoms with Crippen LogP contribution < -0.4 is 0 Å². The standard InChI is InChI=1S/C10H16O/c1-6-9(2)7-8-11-10(3,4)5/h1,7H,8H2,2-5H3. The Bertz CT molecular complexity index is 176. The number of rotatable bonds is 2. The summed E-state index contributed by atoms with van der Waals surface area (Å²) in [6.45, 7) is 8.55. The van der Waals surface area contributed by atoms with Gasteiger partial charge in [0, 0.05) is 0 Å². The molecule has 0 N–H and O–H groups in total. The van der Waals surface area contributed by atoms with Gasteiger partial charge in [-0.3, -0.25) is 0 Å². The molecule has 62 valence electrons. The van der Waals surface area contributed by atoms with Gasteiger partial charge in [-0.05, 0) is 39.3 Å². The van der Waals surface area contributed by atoms with Gasteiger partial charge in [0.2, 0.25) is 0 Å². The molecule has 0 spiro atoms. The lowest BCUT2D eigenvalue weighted by Gasteiger charge is -2.17. The van der Waals surface area contributed by atoms with Crippen molar-refractivity contribution in [1.29, 1.82) is 0 Å². The van der Waals surface area contributed by atoms with E-state index in [9.17, 15) is 0 Å². The van der Waals surface area contributed by atoms with E-state index in [1.54, 1.807) is 0 Å². The molecule has 0 rings (SSSR count). The third-order valence-corrected chi connectivity index (χ3v) is 1.13. The van der Waals surface area contributed by atoms with Crippen LogP contribution in [0, 0.1) is 12.3 Å². The van der Waals surface area contributed by atoms with Crippen molar-refractivity contribution in [3.05, 3.63) is 11.6 Å². The number of terminal acetylenes is 1. The Labute approximate surface area is 69.4 Å². The van der Waals surface area contributed by atoms with Crippen molar-refractivity contribution in [2.75, 3.05) is 6.61 Å². The fourth-order valence-corrected chi connectivity index (χ4v) is 0.476. The summed E-state index contributed by atoms with van der Waals surface area (Å²) in [4.78, 5) is 0. The van der Waals surface area contributed by atoms with Crippen LogP contribution in [-0.4, -0.2) is 12.2 Å². The van der Waals surface area contributed by atoms with Crippen LogP contribution in [-0.2, 0) is 4.74 Å². The zero-order chi connectivity index (χ0) is 8.91. The molecule has 0 aromatic rings. The van der Waals surface area contributed by atoms with E-state index in [1.165, 1.54) is 0 Å². The zero-order valence-corrected chi connectivity index (χ0v) is 7.77. The Balaban J connectivity index is 3.68. The molecule has 0 amide bonds. The molecule has 0 aromatic heterocycles. The summed E-state index contributed by atoms with van der Waals surface area (Å²) >= 11 is 0. The molecule has 0 fully saturated rings. The summed E-state index contributed by atoms with van der Waals surface area (Å²) in [7, 11) is 0. The molecule has 0 aliphatic carbocycles. The highest BCUT2D eigenvalue weighted by Gasteiger charge is 2.07. The van der Waals surface area contributed by atoms with E-state index >= 15 is 0 Å². The van der Waals surface area contributed by atoms with Crippen LogP contribution in [0.5, 0.6) is 0 Å². The molecule has 0 aromatic carbocycles. The molecule has 0 aliphatic rings. The normalized spacial score (nSPS) is 12.8. The quantitative estimate of drug-likeness (QED) is 0.552. The minimum absolute atomic E-state index is 0.0780. The predicted molar refractivity (Wildman–Crippen MR) is 48.3 cm³/mol. The Morgan fingerprint density at radius 2 is 2.09 bits per heavy atom. The lowest BCUT2D eigenvalue weighted by Crippen LogP contribution is -2.18. The van der Waals surface area contributed by atoms with E-state index in [2.05, 4.69) is 5.92 Å². The van der Waals surface area contributed by atoms with Gasteiger partial charge in [0.25, 0.3) is 0 Å². The molecule has 0 bridgehead atoms. The molecule has 1 heteroatoms. The second kappa shape index (κ2) is 4.20. The zero-order valence-electron chi connectivity index (χ0n) is 7.77. The fraction of sp³-hybridized carbons (Fsp3) is 0.600. The number of hydrogen-bond acceptors (Lipinski definition) is 1. The van der Waals surface area contributed by atoms with E-state index < -0.39 is 0 Å². The molecule has 11 heavy (non-hydrogen) atoms. The molecule has 0 unspecified atom stereocenters. The molecule has 0 saturated heterocycles. The Morgan fingerprint density at radius 1 is 1.55 bits per heavy atom. The van der Waals surface area contributed by atoms with Crippen LogP contribution in [0.15, 0.2) is 11.6 Å². The lowest BCUT2D eigenvalue weighted by molar-refractivity contribution is 0.0148. The summed E-state index contributed by atoms with van der Waals surface area (Å²) in [6, 6.07) is 0. The number of allylic oxidation sites excluding steroid dienone is 1. The van der Waals surface area contributed by atoms with Gasteiger partial charge in [0.1, 0.15) is 0 Å². The van der Waals surface area contributed by atoms with Gasteiger partial charge >= 0.3 is 0 Å². The minimum Gasteiger partial charge on any atom is -0.372 e. The molecule has 1 nitrogen and oxygen atoms in total. The van der Waals surface area contributed by atoms with Gasteiger partial charge in [0.15, 0.2) is 0 Å². The van der Waals surface area contributed by atoms with Crippen LogP contribution in [0.4, 0.5) is 0 Å². The van der Waals surface area contributed by atoms with Crippen LogP contribution in [0.2, 0.25) is 0 Å². The summed E-state index contributed by atoms with van der Waals surface area (Å²) in [5, 5.41) is 0. The summed E-state index contributed by atoms with van der Waals surface area (Å²) in [5.74, 6) is 2.53. The topological polar surface area (TPSA) is 9.23 Å². The van der Waals surface area contributed by atoms with Crippen molar-refractivity contribution < 1.29 is 4.74 Å². The van der Waals surface area contributed by atoms with Gasteiger partial charge in [-0.1, -0.05) is 5.92 Å². The first-order valence-corrected chi connectivity index (χ1v) is 3.73. The van der Waals surface area contributed by atoms with E-state index in [-0.39, 0.29) is 5.60 Å². The summed E-state index contributed by atoms with van der Waals surface area (Å²) < 4.78 is 5.43. The molecular weight excluding hydrogens is 136 g/mol. The molecule has 0 radical (unpaired) electrons. The van der Waals surface area contributed by atoms with E-state index in [0.717, 1.165) is 5.57 Å². The van der Waals surface area contributed by atoms with Gasteiger partial charge in [-0.2, -0.15) is 0 Å². The first-order chi connectivity index (χ1) is 4.95. The van der Waals surface area contributed by atoms with Crippen molar-refractivity contribution in [3.63, 3.8) is 0 Å². The minimum atomic E-state index is -0.0780. The molecule has 0 aliphatic heterocycles. The Hall–Kier alpha value is -0.740. The van der Waals surface area contributed by atoms with Crippen molar-refractivity contribution in [2.45, 2.75) is 33.3 Å². The van der Waals surface area contributed by atoms with Crippen LogP contribution >= 0.6 is 0 Å². The van der Waals surface area contributed by atoms with Crippen molar-refractivity contribution >= 4 is 0 Å². The molecular formula is C10H16O. The maximum absolute atomic E-state index is 5.43. The highest BCUT2D eigenvalue weighted by Crippen LogP contribution is 2.06. The van der Waals surface area contributed by atoms with Gasteiger partial charge < -0.3 is 4.74 Å². The van der Waals surface area contributed by atoms with E-state index in [4.69, 9.17) is 11.2 Å². The molecule has 0 saturated carbocycles. The number of ether oxygens (including phenoxy) is 1. The van der Waals surface area contributed by atoms with E-state index in [1.807, 2.05) is 33.8 Å². The second-order valence-corrected chi connectivity index (χ2v) is 3.45. The van der Waals surface area contributed by atoms with Crippen molar-refractivity contribution in [1.82, 2.24) is 0 Å². The van der Waals surface area contributed by atoms with Gasteiger partial charge in [-0.25, -0.2) is 0 Å². The average molecular weight is 152 g/mol. The lowest BCUT2D eigenvalue weighted by atomic mass is 10.2. The highest BCUT2D eigenvalue weighted by atomic mass is 16.5. The van der Waals surface area contributed by atoms with Crippen LogP contribution in [0.1, 0.15) is 27.7 Å². The van der Waals surface area contributed by atoms with Crippen molar-refractivity contribution in [2.24, 2.45) is 0 Å².